The van der Waals surface area contributed by atoms with Gasteiger partial charge in [-0.1, -0.05) is 31.7 Å². The number of anilines is 1. The second-order valence-corrected chi connectivity index (χ2v) is 6.34. The molecule has 0 aromatic carbocycles. The molecule has 0 atom stereocenters. The normalized spacial score (nSPS) is 21.5. The molecule has 2 fully saturated rings. The van der Waals surface area contributed by atoms with Gasteiger partial charge in [-0.05, 0) is 43.9 Å². The molecule has 1 aromatic heterocycles. The second kappa shape index (κ2) is 7.07. The van der Waals surface area contributed by atoms with Gasteiger partial charge in [0.05, 0.1) is 0 Å². The van der Waals surface area contributed by atoms with Crippen LogP contribution in [-0.2, 0) is 0 Å². The summed E-state index contributed by atoms with van der Waals surface area (Å²) < 4.78 is 0. The Bertz CT molecular complexity index is 378. The van der Waals surface area contributed by atoms with Crippen LogP contribution in [0.2, 0.25) is 0 Å². The zero-order valence-electron chi connectivity index (χ0n) is 12.4. The van der Waals surface area contributed by atoms with Crippen molar-refractivity contribution in [3.8, 4) is 0 Å². The molecule has 1 N–H and O–H groups in total. The largest absolute Gasteiger partial charge is 0.357 e. The van der Waals surface area contributed by atoms with Gasteiger partial charge in [0.15, 0.2) is 0 Å². The summed E-state index contributed by atoms with van der Waals surface area (Å²) in [7, 11) is 0. The Morgan fingerprint density at radius 2 is 1.90 bits per heavy atom. The van der Waals surface area contributed by atoms with Crippen molar-refractivity contribution in [2.75, 3.05) is 24.5 Å². The Kier molecular flexibility index (Phi) is 4.91. The van der Waals surface area contributed by atoms with Crippen LogP contribution in [0.25, 0.3) is 0 Å². The lowest BCUT2D eigenvalue weighted by atomic mass is 10.0. The topological polar surface area (TPSA) is 28.2 Å². The third kappa shape index (κ3) is 3.72. The van der Waals surface area contributed by atoms with Gasteiger partial charge in [-0.2, -0.15) is 0 Å². The van der Waals surface area contributed by atoms with Crippen molar-refractivity contribution in [2.24, 2.45) is 5.92 Å². The fourth-order valence-electron chi connectivity index (χ4n) is 3.64. The van der Waals surface area contributed by atoms with Gasteiger partial charge in [-0.3, -0.25) is 0 Å². The number of pyridine rings is 1. The summed E-state index contributed by atoms with van der Waals surface area (Å²) in [6.45, 7) is 3.50. The smallest absolute Gasteiger partial charge is 0.128 e. The van der Waals surface area contributed by atoms with E-state index in [0.717, 1.165) is 30.9 Å². The number of aromatic nitrogens is 1. The zero-order chi connectivity index (χ0) is 13.6. The van der Waals surface area contributed by atoms with E-state index in [-0.39, 0.29) is 0 Å². The van der Waals surface area contributed by atoms with E-state index in [2.05, 4.69) is 27.3 Å². The third-order valence-corrected chi connectivity index (χ3v) is 4.93. The van der Waals surface area contributed by atoms with E-state index < -0.39 is 0 Å². The molecule has 0 spiro atoms. The molecule has 2 heterocycles. The first-order valence-corrected chi connectivity index (χ1v) is 8.31. The molecule has 20 heavy (non-hydrogen) atoms. The van der Waals surface area contributed by atoms with Crippen LogP contribution < -0.4 is 10.2 Å². The minimum atomic E-state index is 0.719. The van der Waals surface area contributed by atoms with Crippen molar-refractivity contribution < 1.29 is 0 Å². The van der Waals surface area contributed by atoms with Crippen LogP contribution in [0.4, 0.5) is 5.82 Å². The molecule has 3 heteroatoms. The SMILES string of the molecule is c1ccc(N2CCC(NCCC3CCCC3)CC2)nc1. The van der Waals surface area contributed by atoms with E-state index in [1.807, 2.05) is 12.3 Å². The fourth-order valence-corrected chi connectivity index (χ4v) is 3.64. The zero-order valence-corrected chi connectivity index (χ0v) is 12.4. The first-order chi connectivity index (χ1) is 9.92. The first-order valence-electron chi connectivity index (χ1n) is 8.31. The molecule has 0 radical (unpaired) electrons. The van der Waals surface area contributed by atoms with E-state index in [0.29, 0.717) is 0 Å². The van der Waals surface area contributed by atoms with Gasteiger partial charge < -0.3 is 10.2 Å². The number of nitrogens with zero attached hydrogens (tertiary/aromatic N) is 2. The Morgan fingerprint density at radius 1 is 1.10 bits per heavy atom. The summed E-state index contributed by atoms with van der Waals surface area (Å²) in [5.41, 5.74) is 0. The van der Waals surface area contributed by atoms with Gasteiger partial charge in [0.2, 0.25) is 0 Å². The lowest BCUT2D eigenvalue weighted by Gasteiger charge is -2.33. The quantitative estimate of drug-likeness (QED) is 0.893. The number of hydrogen-bond acceptors (Lipinski definition) is 3. The third-order valence-electron chi connectivity index (χ3n) is 4.93. The fraction of sp³-hybridized carbons (Fsp3) is 0.706. The van der Waals surface area contributed by atoms with Crippen LogP contribution in [0.1, 0.15) is 44.9 Å². The minimum absolute atomic E-state index is 0.719. The molecule has 1 aromatic rings. The van der Waals surface area contributed by atoms with Gasteiger partial charge in [-0.25, -0.2) is 4.98 Å². The summed E-state index contributed by atoms with van der Waals surface area (Å²) in [6, 6.07) is 6.90. The van der Waals surface area contributed by atoms with Crippen LogP contribution in [0.15, 0.2) is 24.4 Å². The Hall–Kier alpha value is -1.09. The molecule has 1 saturated heterocycles. The van der Waals surface area contributed by atoms with E-state index in [9.17, 15) is 0 Å². The van der Waals surface area contributed by atoms with Crippen molar-refractivity contribution in [3.05, 3.63) is 24.4 Å². The average Bonchev–Trinajstić information content (AvgIpc) is 3.02. The van der Waals surface area contributed by atoms with Crippen molar-refractivity contribution in [1.82, 2.24) is 10.3 Å². The molecule has 3 nitrogen and oxygen atoms in total. The summed E-state index contributed by atoms with van der Waals surface area (Å²) in [6.07, 6.45) is 11.7. The van der Waals surface area contributed by atoms with Crippen molar-refractivity contribution >= 4 is 5.82 Å². The van der Waals surface area contributed by atoms with E-state index >= 15 is 0 Å². The van der Waals surface area contributed by atoms with Crippen LogP contribution >= 0.6 is 0 Å². The van der Waals surface area contributed by atoms with Gasteiger partial charge >= 0.3 is 0 Å². The Morgan fingerprint density at radius 3 is 2.60 bits per heavy atom. The molecule has 1 aliphatic heterocycles. The highest BCUT2D eigenvalue weighted by molar-refractivity contribution is 5.38. The Balaban J connectivity index is 1.36. The second-order valence-electron chi connectivity index (χ2n) is 6.34. The maximum absolute atomic E-state index is 4.45. The number of hydrogen-bond donors (Lipinski definition) is 1. The molecular formula is C17H27N3. The first kappa shape index (κ1) is 13.9. The van der Waals surface area contributed by atoms with Crippen LogP contribution in [0.5, 0.6) is 0 Å². The minimum Gasteiger partial charge on any atom is -0.357 e. The molecule has 1 saturated carbocycles. The summed E-state index contributed by atoms with van der Waals surface area (Å²) in [5, 5.41) is 3.77. The van der Waals surface area contributed by atoms with Gasteiger partial charge in [0.25, 0.3) is 0 Å². The van der Waals surface area contributed by atoms with E-state index in [4.69, 9.17) is 0 Å². The number of rotatable bonds is 5. The summed E-state index contributed by atoms with van der Waals surface area (Å²) in [4.78, 5) is 6.86. The maximum Gasteiger partial charge on any atom is 0.128 e. The summed E-state index contributed by atoms with van der Waals surface area (Å²) in [5.74, 6) is 2.15. The van der Waals surface area contributed by atoms with Crippen LogP contribution in [0, 0.1) is 5.92 Å². The molecule has 0 bridgehead atoms. The van der Waals surface area contributed by atoms with Gasteiger partial charge in [0, 0.05) is 25.3 Å². The lowest BCUT2D eigenvalue weighted by molar-refractivity contribution is 0.387. The van der Waals surface area contributed by atoms with Crippen molar-refractivity contribution in [3.63, 3.8) is 0 Å². The van der Waals surface area contributed by atoms with Crippen molar-refractivity contribution in [2.45, 2.75) is 51.0 Å². The van der Waals surface area contributed by atoms with Crippen LogP contribution in [-0.4, -0.2) is 30.7 Å². The maximum atomic E-state index is 4.45. The highest BCUT2D eigenvalue weighted by atomic mass is 15.2. The molecule has 1 aliphatic carbocycles. The molecule has 3 rings (SSSR count). The number of nitrogens with one attached hydrogen (secondary N) is 1. The molecule has 2 aliphatic rings. The van der Waals surface area contributed by atoms with E-state index in [1.165, 1.54) is 51.5 Å². The highest BCUT2D eigenvalue weighted by Crippen LogP contribution is 2.27. The van der Waals surface area contributed by atoms with Gasteiger partial charge in [0.1, 0.15) is 5.82 Å². The standard InChI is InChI=1S/C17H27N3/c1-2-6-15(5-1)8-12-18-16-9-13-20(14-10-16)17-7-3-4-11-19-17/h3-4,7,11,15-16,18H,1-2,5-6,8-10,12-14H2. The molecule has 0 amide bonds. The molecule has 0 unspecified atom stereocenters. The average molecular weight is 273 g/mol. The van der Waals surface area contributed by atoms with Crippen molar-refractivity contribution in [1.29, 1.82) is 0 Å². The molecule has 110 valence electrons. The predicted octanol–water partition coefficient (Wildman–Crippen LogP) is 3.22. The van der Waals surface area contributed by atoms with E-state index in [1.54, 1.807) is 0 Å². The van der Waals surface area contributed by atoms with Crippen LogP contribution in [0.3, 0.4) is 0 Å². The summed E-state index contributed by atoms with van der Waals surface area (Å²) >= 11 is 0. The molecular weight excluding hydrogens is 246 g/mol. The monoisotopic (exact) mass is 273 g/mol. The number of piperidine rings is 1. The Labute approximate surface area is 122 Å². The highest BCUT2D eigenvalue weighted by Gasteiger charge is 2.20. The predicted molar refractivity (Wildman–Crippen MR) is 84.0 cm³/mol. The van der Waals surface area contributed by atoms with Gasteiger partial charge in [-0.15, -0.1) is 0 Å². The lowest BCUT2D eigenvalue weighted by Crippen LogP contribution is -2.43.